The van der Waals surface area contributed by atoms with Crippen LogP contribution in [0.3, 0.4) is 0 Å². The van der Waals surface area contributed by atoms with E-state index in [1.165, 1.54) is 0 Å². The van der Waals surface area contributed by atoms with E-state index < -0.39 is 10.0 Å². The lowest BCUT2D eigenvalue weighted by molar-refractivity contribution is 0.597. The molecule has 0 saturated heterocycles. The van der Waals surface area contributed by atoms with Crippen molar-refractivity contribution >= 4 is 15.7 Å². The summed E-state index contributed by atoms with van der Waals surface area (Å²) in [6.07, 6.45) is 0.831. The van der Waals surface area contributed by atoms with Crippen molar-refractivity contribution in [3.05, 3.63) is 23.3 Å². The van der Waals surface area contributed by atoms with Crippen LogP contribution in [-0.2, 0) is 10.0 Å². The standard InChI is InChI=1S/C11H19N3O2S/c1-8-6-10(17(13,15)16)7-11(9(8)2)14-5-3-4-12/h6-7,14H,3-5,12H2,1-2H3,(H2,13,15,16). The molecule has 0 atom stereocenters. The smallest absolute Gasteiger partial charge is 0.238 e. The fourth-order valence-electron chi connectivity index (χ4n) is 1.50. The highest BCUT2D eigenvalue weighted by Gasteiger charge is 2.12. The van der Waals surface area contributed by atoms with Gasteiger partial charge in [-0.25, -0.2) is 13.6 Å². The zero-order valence-corrected chi connectivity index (χ0v) is 11.0. The van der Waals surface area contributed by atoms with Crippen molar-refractivity contribution in [3.63, 3.8) is 0 Å². The van der Waals surface area contributed by atoms with Gasteiger partial charge in [-0.15, -0.1) is 0 Å². The highest BCUT2D eigenvalue weighted by Crippen LogP contribution is 2.23. The fourth-order valence-corrected chi connectivity index (χ4v) is 2.12. The van der Waals surface area contributed by atoms with Crippen LogP contribution < -0.4 is 16.2 Å². The van der Waals surface area contributed by atoms with Crippen molar-refractivity contribution in [1.82, 2.24) is 0 Å². The van der Waals surface area contributed by atoms with Gasteiger partial charge in [0.2, 0.25) is 10.0 Å². The molecule has 0 bridgehead atoms. The zero-order valence-electron chi connectivity index (χ0n) is 10.2. The van der Waals surface area contributed by atoms with Gasteiger partial charge in [0.1, 0.15) is 0 Å². The Morgan fingerprint density at radius 3 is 2.47 bits per heavy atom. The number of benzene rings is 1. The van der Waals surface area contributed by atoms with Gasteiger partial charge < -0.3 is 11.1 Å². The summed E-state index contributed by atoms with van der Waals surface area (Å²) in [4.78, 5) is 0.135. The van der Waals surface area contributed by atoms with Crippen molar-refractivity contribution in [2.24, 2.45) is 10.9 Å². The molecule has 17 heavy (non-hydrogen) atoms. The Morgan fingerprint density at radius 1 is 1.29 bits per heavy atom. The van der Waals surface area contributed by atoms with E-state index in [1.54, 1.807) is 12.1 Å². The van der Waals surface area contributed by atoms with Crippen LogP contribution >= 0.6 is 0 Å². The number of sulfonamides is 1. The van der Waals surface area contributed by atoms with Gasteiger partial charge in [0.05, 0.1) is 4.90 Å². The number of aryl methyl sites for hydroxylation is 1. The average molecular weight is 257 g/mol. The maximum Gasteiger partial charge on any atom is 0.238 e. The first-order valence-electron chi connectivity index (χ1n) is 5.44. The zero-order chi connectivity index (χ0) is 13.1. The van der Waals surface area contributed by atoms with Crippen LogP contribution in [0, 0.1) is 13.8 Å². The van der Waals surface area contributed by atoms with E-state index >= 15 is 0 Å². The monoisotopic (exact) mass is 257 g/mol. The third-order valence-electron chi connectivity index (χ3n) is 2.67. The van der Waals surface area contributed by atoms with Crippen molar-refractivity contribution in [1.29, 1.82) is 0 Å². The summed E-state index contributed by atoms with van der Waals surface area (Å²) >= 11 is 0. The molecule has 5 nitrogen and oxygen atoms in total. The molecule has 0 aliphatic rings. The number of anilines is 1. The number of rotatable bonds is 5. The van der Waals surface area contributed by atoms with Gasteiger partial charge in [-0.1, -0.05) is 0 Å². The molecule has 0 saturated carbocycles. The van der Waals surface area contributed by atoms with Crippen LogP contribution in [0.25, 0.3) is 0 Å². The van der Waals surface area contributed by atoms with Crippen molar-refractivity contribution in [2.75, 3.05) is 18.4 Å². The van der Waals surface area contributed by atoms with Crippen LogP contribution in [0.1, 0.15) is 17.5 Å². The van der Waals surface area contributed by atoms with Crippen LogP contribution in [0.4, 0.5) is 5.69 Å². The highest BCUT2D eigenvalue weighted by atomic mass is 32.2. The van der Waals surface area contributed by atoms with Crippen LogP contribution in [0.2, 0.25) is 0 Å². The Labute approximate surface area is 102 Å². The number of nitrogens with two attached hydrogens (primary N) is 2. The molecule has 0 aliphatic carbocycles. The summed E-state index contributed by atoms with van der Waals surface area (Å²) in [5.41, 5.74) is 8.12. The molecule has 1 aromatic carbocycles. The van der Waals surface area contributed by atoms with Gasteiger partial charge in [-0.2, -0.15) is 0 Å². The molecule has 0 amide bonds. The second-order valence-electron chi connectivity index (χ2n) is 4.03. The second kappa shape index (κ2) is 5.48. The predicted octanol–water partition coefficient (Wildman–Crippen LogP) is 0.712. The van der Waals surface area contributed by atoms with E-state index in [2.05, 4.69) is 5.32 Å². The molecular weight excluding hydrogens is 238 g/mol. The lowest BCUT2D eigenvalue weighted by Gasteiger charge is -2.13. The van der Waals surface area contributed by atoms with Crippen LogP contribution in [-0.4, -0.2) is 21.5 Å². The molecule has 5 N–H and O–H groups in total. The molecular formula is C11H19N3O2S. The van der Waals surface area contributed by atoms with E-state index in [0.717, 1.165) is 23.2 Å². The summed E-state index contributed by atoms with van der Waals surface area (Å²) in [7, 11) is -3.66. The SMILES string of the molecule is Cc1cc(S(N)(=O)=O)cc(NCCCN)c1C. The van der Waals surface area contributed by atoms with Crippen LogP contribution in [0.5, 0.6) is 0 Å². The van der Waals surface area contributed by atoms with E-state index in [-0.39, 0.29) is 4.90 Å². The molecule has 96 valence electrons. The maximum absolute atomic E-state index is 11.3. The van der Waals surface area contributed by atoms with Gasteiger partial charge in [-0.3, -0.25) is 0 Å². The number of primary sulfonamides is 1. The van der Waals surface area contributed by atoms with Gasteiger partial charge in [-0.05, 0) is 50.1 Å². The predicted molar refractivity (Wildman–Crippen MR) is 69.5 cm³/mol. The Bertz CT molecular complexity index is 498. The molecule has 1 aromatic rings. The highest BCUT2D eigenvalue weighted by molar-refractivity contribution is 7.89. The lowest BCUT2D eigenvalue weighted by atomic mass is 10.1. The third-order valence-corrected chi connectivity index (χ3v) is 3.56. The first kappa shape index (κ1) is 14.0. The van der Waals surface area contributed by atoms with Crippen molar-refractivity contribution in [2.45, 2.75) is 25.2 Å². The van der Waals surface area contributed by atoms with Gasteiger partial charge in [0, 0.05) is 12.2 Å². The maximum atomic E-state index is 11.3. The summed E-state index contributed by atoms with van der Waals surface area (Å²) in [6, 6.07) is 3.15. The minimum atomic E-state index is -3.66. The summed E-state index contributed by atoms with van der Waals surface area (Å²) < 4.78 is 22.6. The Kier molecular flexibility index (Phi) is 4.50. The van der Waals surface area contributed by atoms with E-state index in [1.807, 2.05) is 13.8 Å². The third kappa shape index (κ3) is 3.69. The summed E-state index contributed by atoms with van der Waals surface area (Å²) in [6.45, 7) is 5.11. The average Bonchev–Trinajstić information content (AvgIpc) is 2.22. The van der Waals surface area contributed by atoms with Crippen LogP contribution in [0.15, 0.2) is 17.0 Å². The Hall–Kier alpha value is -1.11. The topological polar surface area (TPSA) is 98.2 Å². The number of nitrogens with one attached hydrogen (secondary N) is 1. The van der Waals surface area contributed by atoms with E-state index in [9.17, 15) is 8.42 Å². The van der Waals surface area contributed by atoms with Gasteiger partial charge in [0.25, 0.3) is 0 Å². The molecule has 0 fully saturated rings. The second-order valence-corrected chi connectivity index (χ2v) is 5.59. The van der Waals surface area contributed by atoms with Gasteiger partial charge in [0.15, 0.2) is 0 Å². The molecule has 0 radical (unpaired) electrons. The summed E-state index contributed by atoms with van der Waals surface area (Å²) in [5.74, 6) is 0. The fraction of sp³-hybridized carbons (Fsp3) is 0.455. The quantitative estimate of drug-likeness (QED) is 0.677. The Morgan fingerprint density at radius 2 is 1.94 bits per heavy atom. The first-order chi connectivity index (χ1) is 7.86. The molecule has 0 spiro atoms. The number of hydrogen-bond donors (Lipinski definition) is 3. The Balaban J connectivity index is 3.08. The van der Waals surface area contributed by atoms with Crippen molar-refractivity contribution < 1.29 is 8.42 Å². The van der Waals surface area contributed by atoms with Crippen molar-refractivity contribution in [3.8, 4) is 0 Å². The minimum absolute atomic E-state index is 0.135. The minimum Gasteiger partial charge on any atom is -0.385 e. The molecule has 0 heterocycles. The normalized spacial score (nSPS) is 11.5. The largest absolute Gasteiger partial charge is 0.385 e. The molecule has 1 rings (SSSR count). The summed E-state index contributed by atoms with van der Waals surface area (Å²) in [5, 5.41) is 8.29. The van der Waals surface area contributed by atoms with E-state index in [0.29, 0.717) is 13.1 Å². The molecule has 6 heteroatoms. The first-order valence-corrected chi connectivity index (χ1v) is 6.99. The molecule has 0 aliphatic heterocycles. The van der Waals surface area contributed by atoms with Gasteiger partial charge >= 0.3 is 0 Å². The molecule has 0 aromatic heterocycles. The van der Waals surface area contributed by atoms with E-state index in [4.69, 9.17) is 10.9 Å². The molecule has 0 unspecified atom stereocenters. The lowest BCUT2D eigenvalue weighted by Crippen LogP contribution is -2.14. The number of hydrogen-bond acceptors (Lipinski definition) is 4.